The molecule has 98 valence electrons. The van der Waals surface area contributed by atoms with Gasteiger partial charge in [-0.25, -0.2) is 0 Å². The zero-order chi connectivity index (χ0) is 12.4. The summed E-state index contributed by atoms with van der Waals surface area (Å²) in [5.41, 5.74) is 7.28. The van der Waals surface area contributed by atoms with Crippen molar-refractivity contribution >= 4 is 0 Å². The zero-order valence-corrected chi connectivity index (χ0v) is 11.0. The third kappa shape index (κ3) is 2.57. The summed E-state index contributed by atoms with van der Waals surface area (Å²) in [5.74, 6) is 0.679. The van der Waals surface area contributed by atoms with Gasteiger partial charge in [-0.3, -0.25) is 9.88 Å². The average Bonchev–Trinajstić information content (AvgIpc) is 2.87. The molecule has 2 N–H and O–H groups in total. The molecule has 1 aromatic heterocycles. The monoisotopic (exact) mass is 245 g/mol. The highest BCUT2D eigenvalue weighted by Crippen LogP contribution is 2.34. The lowest BCUT2D eigenvalue weighted by atomic mass is 9.83. The summed E-state index contributed by atoms with van der Waals surface area (Å²) in [7, 11) is 0. The van der Waals surface area contributed by atoms with Gasteiger partial charge in [0, 0.05) is 43.0 Å². The summed E-state index contributed by atoms with van der Waals surface area (Å²) in [4.78, 5) is 7.11. The molecule has 3 heteroatoms. The van der Waals surface area contributed by atoms with Crippen molar-refractivity contribution < 1.29 is 0 Å². The summed E-state index contributed by atoms with van der Waals surface area (Å²) in [5, 5.41) is 0. The molecule has 1 aliphatic heterocycles. The highest BCUT2D eigenvalue weighted by Gasteiger charge is 2.30. The molecular weight excluding hydrogens is 222 g/mol. The normalized spacial score (nSPS) is 33.7. The standard InChI is InChI=1S/C15H23N3/c16-13-8-10-18(11-13)14-6-4-12(5-7-14)15-3-1-2-9-17-15/h1-3,9,12-14H,4-8,10-11,16H2. The Morgan fingerprint density at radius 1 is 1.11 bits per heavy atom. The van der Waals surface area contributed by atoms with Gasteiger partial charge in [0.2, 0.25) is 0 Å². The van der Waals surface area contributed by atoms with Gasteiger partial charge in [-0.2, -0.15) is 0 Å². The van der Waals surface area contributed by atoms with Gasteiger partial charge in [0.15, 0.2) is 0 Å². The van der Waals surface area contributed by atoms with Crippen LogP contribution in [0.2, 0.25) is 0 Å². The minimum atomic E-state index is 0.415. The highest BCUT2D eigenvalue weighted by atomic mass is 15.2. The molecule has 3 rings (SSSR count). The Morgan fingerprint density at radius 3 is 2.56 bits per heavy atom. The van der Waals surface area contributed by atoms with Crippen LogP contribution in [0.5, 0.6) is 0 Å². The molecule has 2 fully saturated rings. The molecule has 1 aliphatic carbocycles. The first-order chi connectivity index (χ1) is 8.83. The van der Waals surface area contributed by atoms with Crippen molar-refractivity contribution in [3.63, 3.8) is 0 Å². The molecule has 2 heterocycles. The Hall–Kier alpha value is -0.930. The average molecular weight is 245 g/mol. The Morgan fingerprint density at radius 2 is 1.94 bits per heavy atom. The molecule has 0 spiro atoms. The van der Waals surface area contributed by atoms with Crippen LogP contribution < -0.4 is 5.73 Å². The fourth-order valence-corrected chi connectivity index (χ4v) is 3.50. The number of likely N-dealkylation sites (tertiary alicyclic amines) is 1. The smallest absolute Gasteiger partial charge is 0.0434 e. The van der Waals surface area contributed by atoms with Gasteiger partial charge in [-0.1, -0.05) is 6.07 Å². The van der Waals surface area contributed by atoms with E-state index in [4.69, 9.17) is 5.73 Å². The number of nitrogens with zero attached hydrogens (tertiary/aromatic N) is 2. The van der Waals surface area contributed by atoms with Crippen LogP contribution in [0.1, 0.15) is 43.7 Å². The predicted molar refractivity (Wildman–Crippen MR) is 73.4 cm³/mol. The van der Waals surface area contributed by atoms with E-state index >= 15 is 0 Å². The van der Waals surface area contributed by atoms with Crippen LogP contribution in [0.3, 0.4) is 0 Å². The maximum atomic E-state index is 6.00. The minimum Gasteiger partial charge on any atom is -0.326 e. The number of rotatable bonds is 2. The lowest BCUT2D eigenvalue weighted by Gasteiger charge is -2.34. The van der Waals surface area contributed by atoms with E-state index in [-0.39, 0.29) is 0 Å². The first kappa shape index (κ1) is 12.1. The first-order valence-corrected chi connectivity index (χ1v) is 7.23. The Balaban J connectivity index is 1.55. The van der Waals surface area contributed by atoms with E-state index in [0.717, 1.165) is 12.6 Å². The summed E-state index contributed by atoms with van der Waals surface area (Å²) < 4.78 is 0. The fraction of sp³-hybridized carbons (Fsp3) is 0.667. The van der Waals surface area contributed by atoms with Gasteiger partial charge in [0.05, 0.1) is 0 Å². The van der Waals surface area contributed by atoms with Crippen molar-refractivity contribution in [2.24, 2.45) is 5.73 Å². The fourth-order valence-electron chi connectivity index (χ4n) is 3.50. The van der Waals surface area contributed by atoms with Crippen LogP contribution in [0.25, 0.3) is 0 Å². The molecule has 2 aliphatic rings. The molecule has 0 bridgehead atoms. The van der Waals surface area contributed by atoms with E-state index in [1.165, 1.54) is 44.3 Å². The lowest BCUT2D eigenvalue weighted by molar-refractivity contribution is 0.179. The van der Waals surface area contributed by atoms with Crippen molar-refractivity contribution in [1.82, 2.24) is 9.88 Å². The van der Waals surface area contributed by atoms with E-state index in [2.05, 4.69) is 22.0 Å². The molecule has 0 radical (unpaired) electrons. The quantitative estimate of drug-likeness (QED) is 0.868. The van der Waals surface area contributed by atoms with Crippen LogP contribution >= 0.6 is 0 Å². The van der Waals surface area contributed by atoms with Crippen LogP contribution in [0.15, 0.2) is 24.4 Å². The topological polar surface area (TPSA) is 42.1 Å². The summed E-state index contributed by atoms with van der Waals surface area (Å²) in [6, 6.07) is 7.47. The minimum absolute atomic E-state index is 0.415. The predicted octanol–water partition coefficient (Wildman–Crippen LogP) is 2.14. The summed E-state index contributed by atoms with van der Waals surface area (Å²) in [6.45, 7) is 2.32. The van der Waals surface area contributed by atoms with E-state index in [1.807, 2.05) is 12.3 Å². The van der Waals surface area contributed by atoms with Gasteiger partial charge in [-0.05, 0) is 44.2 Å². The van der Waals surface area contributed by atoms with Crippen LogP contribution in [0.4, 0.5) is 0 Å². The molecule has 1 atom stereocenters. The number of hydrogen-bond donors (Lipinski definition) is 1. The molecule has 0 aromatic carbocycles. The zero-order valence-electron chi connectivity index (χ0n) is 11.0. The summed E-state index contributed by atoms with van der Waals surface area (Å²) in [6.07, 6.45) is 8.30. The van der Waals surface area contributed by atoms with Crippen molar-refractivity contribution in [3.8, 4) is 0 Å². The second kappa shape index (κ2) is 5.37. The van der Waals surface area contributed by atoms with Crippen LogP contribution in [-0.4, -0.2) is 35.1 Å². The summed E-state index contributed by atoms with van der Waals surface area (Å²) >= 11 is 0. The Bertz CT molecular complexity index is 371. The van der Waals surface area contributed by atoms with Crippen molar-refractivity contribution in [2.45, 2.75) is 50.1 Å². The lowest BCUT2D eigenvalue weighted by Crippen LogP contribution is -2.37. The van der Waals surface area contributed by atoms with Crippen LogP contribution in [-0.2, 0) is 0 Å². The van der Waals surface area contributed by atoms with Gasteiger partial charge in [0.25, 0.3) is 0 Å². The van der Waals surface area contributed by atoms with Crippen molar-refractivity contribution in [1.29, 1.82) is 0 Å². The third-order valence-corrected chi connectivity index (χ3v) is 4.58. The largest absolute Gasteiger partial charge is 0.326 e. The second-order valence-electron chi connectivity index (χ2n) is 5.80. The van der Waals surface area contributed by atoms with Gasteiger partial charge in [0.1, 0.15) is 0 Å². The van der Waals surface area contributed by atoms with E-state index in [0.29, 0.717) is 12.0 Å². The molecule has 1 unspecified atom stereocenters. The molecule has 1 saturated heterocycles. The van der Waals surface area contributed by atoms with Crippen molar-refractivity contribution in [2.75, 3.05) is 13.1 Å². The molecule has 1 saturated carbocycles. The maximum Gasteiger partial charge on any atom is 0.0434 e. The second-order valence-corrected chi connectivity index (χ2v) is 5.80. The van der Waals surface area contributed by atoms with Crippen molar-refractivity contribution in [3.05, 3.63) is 30.1 Å². The molecule has 3 nitrogen and oxygen atoms in total. The molecule has 0 amide bonds. The molecule has 1 aromatic rings. The van der Waals surface area contributed by atoms with E-state index < -0.39 is 0 Å². The molecule has 18 heavy (non-hydrogen) atoms. The Kier molecular flexibility index (Phi) is 3.62. The number of aromatic nitrogens is 1. The number of pyridine rings is 1. The van der Waals surface area contributed by atoms with Gasteiger partial charge < -0.3 is 5.73 Å². The van der Waals surface area contributed by atoms with Gasteiger partial charge >= 0.3 is 0 Å². The van der Waals surface area contributed by atoms with Gasteiger partial charge in [-0.15, -0.1) is 0 Å². The maximum absolute atomic E-state index is 6.00. The number of nitrogens with two attached hydrogens (primary N) is 1. The van der Waals surface area contributed by atoms with E-state index in [1.54, 1.807) is 0 Å². The Labute approximate surface area is 109 Å². The third-order valence-electron chi connectivity index (χ3n) is 4.58. The SMILES string of the molecule is NC1CCN(C2CCC(c3ccccn3)CC2)C1. The number of hydrogen-bond acceptors (Lipinski definition) is 3. The highest BCUT2D eigenvalue weighted by molar-refractivity contribution is 5.10. The van der Waals surface area contributed by atoms with E-state index in [9.17, 15) is 0 Å². The molecular formula is C15H23N3. The first-order valence-electron chi connectivity index (χ1n) is 7.23. The van der Waals surface area contributed by atoms with Crippen LogP contribution in [0, 0.1) is 0 Å².